The first-order chi connectivity index (χ1) is 19.6. The van der Waals surface area contributed by atoms with Gasteiger partial charge in [-0.1, -0.05) is 20.3 Å². The van der Waals surface area contributed by atoms with E-state index in [-0.39, 0.29) is 29.3 Å². The Labute approximate surface area is 241 Å². The average molecular weight is 590 g/mol. The van der Waals surface area contributed by atoms with Crippen molar-refractivity contribution in [1.29, 1.82) is 0 Å². The molecule has 2 rings (SSSR count). The molecule has 220 valence electrons. The van der Waals surface area contributed by atoms with Crippen LogP contribution in [0.2, 0.25) is 0 Å². The first-order valence-electron chi connectivity index (χ1n) is 12.8. The minimum absolute atomic E-state index is 0.0385. The highest BCUT2D eigenvalue weighted by Crippen LogP contribution is 2.28. The number of terminal acetylenes is 1. The second-order valence-electron chi connectivity index (χ2n) is 9.11. The summed E-state index contributed by atoms with van der Waals surface area (Å²) in [6.07, 6.45) is 8.84. The van der Waals surface area contributed by atoms with Crippen LogP contribution in [0.5, 0.6) is 0 Å². The van der Waals surface area contributed by atoms with Gasteiger partial charge in [0.25, 0.3) is 11.6 Å². The zero-order valence-electron chi connectivity index (χ0n) is 22.6. The van der Waals surface area contributed by atoms with Crippen molar-refractivity contribution in [2.75, 3.05) is 12.3 Å². The number of unbranched alkanes of at least 4 members (excludes halogenated alkanes) is 1. The molecular formula is C26H33N6O8S+. The molecule has 14 nitrogen and oxygen atoms in total. The summed E-state index contributed by atoms with van der Waals surface area (Å²) in [6, 6.07) is 0.481. The largest absolute Gasteiger partial charge is 0.368 e. The number of carbonyl (C=O) groups excluding carboxylic acids is 4. The van der Waals surface area contributed by atoms with Crippen molar-refractivity contribution in [1.82, 2.24) is 16.0 Å². The van der Waals surface area contributed by atoms with Gasteiger partial charge in [-0.15, -0.1) is 18.2 Å². The van der Waals surface area contributed by atoms with Crippen molar-refractivity contribution in [3.8, 4) is 24.4 Å². The number of amides is 4. The Bertz CT molecular complexity index is 1240. The lowest BCUT2D eigenvalue weighted by molar-refractivity contribution is -0.960. The fourth-order valence-corrected chi connectivity index (χ4v) is 4.82. The summed E-state index contributed by atoms with van der Waals surface area (Å²) in [6.45, 7) is 4.04. The number of nitrogens with one attached hydrogen (secondary N) is 3. The third-order valence-electron chi connectivity index (χ3n) is 6.24. The van der Waals surface area contributed by atoms with Crippen LogP contribution in [0.1, 0.15) is 49.9 Å². The summed E-state index contributed by atoms with van der Waals surface area (Å²) >= 11 is 1.03. The van der Waals surface area contributed by atoms with Gasteiger partial charge in [0, 0.05) is 33.7 Å². The molecule has 4 amide bonds. The van der Waals surface area contributed by atoms with Crippen LogP contribution in [0.25, 0.3) is 0 Å². The number of nitro groups is 1. The van der Waals surface area contributed by atoms with E-state index in [1.807, 2.05) is 6.92 Å². The van der Waals surface area contributed by atoms with E-state index in [2.05, 4.69) is 38.8 Å². The number of rotatable bonds is 11. The van der Waals surface area contributed by atoms with Crippen molar-refractivity contribution < 1.29 is 39.5 Å². The minimum Gasteiger partial charge on any atom is -0.368 e. The maximum absolute atomic E-state index is 13.4. The van der Waals surface area contributed by atoms with Crippen LogP contribution in [0.4, 0.5) is 5.69 Å². The number of fused-ring (bicyclic) bond motifs is 1. The number of benzene rings is 1. The van der Waals surface area contributed by atoms with Gasteiger partial charge >= 0.3 is 0 Å². The predicted molar refractivity (Wildman–Crippen MR) is 147 cm³/mol. The van der Waals surface area contributed by atoms with Crippen LogP contribution in [-0.4, -0.2) is 59.0 Å². The highest BCUT2D eigenvalue weighted by atomic mass is 32.2. The second kappa shape index (κ2) is 16.7. The Morgan fingerprint density at radius 2 is 2.02 bits per heavy atom. The van der Waals surface area contributed by atoms with E-state index in [9.17, 15) is 29.3 Å². The lowest BCUT2D eigenvalue weighted by Gasteiger charge is -2.27. The SMILES string of the molecule is C#CC#COO[NH2+]CCCC[C@@H]1NC(=O)[C@H]([C@H](C)CC)NC(=O)c2cc([N+](=O)[O-])ccc2SC[C@@H](C(N)=O)NC1=O. The third-order valence-corrected chi connectivity index (χ3v) is 7.41. The lowest BCUT2D eigenvalue weighted by atomic mass is 9.97. The molecule has 4 atom stereocenters. The third kappa shape index (κ3) is 10.3. The molecule has 15 heteroatoms. The van der Waals surface area contributed by atoms with Crippen molar-refractivity contribution in [2.24, 2.45) is 11.7 Å². The van der Waals surface area contributed by atoms with Gasteiger partial charge in [0.1, 0.15) is 24.7 Å². The summed E-state index contributed by atoms with van der Waals surface area (Å²) < 4.78 is 0. The fourth-order valence-electron chi connectivity index (χ4n) is 3.76. The number of primary amides is 1. The molecule has 1 aliphatic rings. The number of hydroxylamine groups is 1. The summed E-state index contributed by atoms with van der Waals surface area (Å²) in [4.78, 5) is 72.4. The Morgan fingerprint density at radius 3 is 2.68 bits per heavy atom. The van der Waals surface area contributed by atoms with Crippen molar-refractivity contribution in [3.05, 3.63) is 33.9 Å². The van der Waals surface area contributed by atoms with Gasteiger partial charge in [-0.2, -0.15) is 5.48 Å². The smallest absolute Gasteiger partial charge is 0.270 e. The molecule has 0 saturated heterocycles. The number of carbonyl (C=O) groups is 4. The Kier molecular flexibility index (Phi) is 13.4. The molecule has 7 N–H and O–H groups in total. The molecule has 0 aromatic heterocycles. The maximum atomic E-state index is 13.4. The number of hydrogen-bond donors (Lipinski definition) is 5. The van der Waals surface area contributed by atoms with Crippen molar-refractivity contribution in [3.63, 3.8) is 0 Å². The zero-order chi connectivity index (χ0) is 30.4. The van der Waals surface area contributed by atoms with E-state index in [0.717, 1.165) is 17.8 Å². The van der Waals surface area contributed by atoms with Crippen LogP contribution in [0.15, 0.2) is 23.1 Å². The Hall–Kier alpha value is -4.31. The lowest BCUT2D eigenvalue weighted by Crippen LogP contribution is -2.82. The van der Waals surface area contributed by atoms with E-state index in [1.165, 1.54) is 17.6 Å². The Morgan fingerprint density at radius 1 is 1.27 bits per heavy atom. The molecule has 0 fully saturated rings. The quantitative estimate of drug-likeness (QED) is 0.0739. The zero-order valence-corrected chi connectivity index (χ0v) is 23.5. The Balaban J connectivity index is 2.30. The number of hydrogen-bond acceptors (Lipinski definition) is 9. The minimum atomic E-state index is -1.15. The molecule has 1 aliphatic heterocycles. The molecule has 0 radical (unpaired) electrons. The normalized spacial score (nSPS) is 20.0. The van der Waals surface area contributed by atoms with Crippen LogP contribution in [0, 0.1) is 40.4 Å². The molecule has 0 spiro atoms. The molecule has 0 bridgehead atoms. The number of nitro benzene ring substituents is 1. The summed E-state index contributed by atoms with van der Waals surface area (Å²) in [5.41, 5.74) is 6.54. The molecule has 1 aromatic rings. The highest BCUT2D eigenvalue weighted by molar-refractivity contribution is 7.99. The number of nitrogens with two attached hydrogens (primary N) is 2. The van der Waals surface area contributed by atoms with Crippen LogP contribution in [-0.2, 0) is 24.3 Å². The van der Waals surface area contributed by atoms with E-state index >= 15 is 0 Å². The van der Waals surface area contributed by atoms with Crippen LogP contribution < -0.4 is 27.2 Å². The van der Waals surface area contributed by atoms with Gasteiger partial charge < -0.3 is 21.7 Å². The van der Waals surface area contributed by atoms with E-state index in [4.69, 9.17) is 17.1 Å². The standard InChI is InChI=1S/C26H32N6O8S/c1-4-6-13-39-40-28-12-8-7-9-19-25(35)30-20(23(27)33)15-41-21-11-10-17(32(37)38)14-18(21)24(34)31-22(16(3)5-2)26(36)29-19/h1,10-11,14,16,19-20,22,28H,5,7-9,12,15H2,2-3H3,(H2,27,33)(H,29,36)(H,30,35)(H,31,34)/p+1/t16-,19+,20+,22+/m1/s1. The summed E-state index contributed by atoms with van der Waals surface area (Å²) in [5, 5.41) is 19.3. The van der Waals surface area contributed by atoms with Gasteiger partial charge in [0.2, 0.25) is 17.7 Å². The van der Waals surface area contributed by atoms with E-state index in [1.54, 1.807) is 6.92 Å². The summed E-state index contributed by atoms with van der Waals surface area (Å²) in [5.74, 6) is 1.12. The topological polar surface area (TPSA) is 209 Å². The molecule has 1 heterocycles. The highest BCUT2D eigenvalue weighted by Gasteiger charge is 2.33. The monoisotopic (exact) mass is 589 g/mol. The summed E-state index contributed by atoms with van der Waals surface area (Å²) in [7, 11) is 0. The van der Waals surface area contributed by atoms with E-state index in [0.29, 0.717) is 30.7 Å². The van der Waals surface area contributed by atoms with Gasteiger partial charge in [-0.25, -0.2) is 4.89 Å². The molecule has 1 aromatic carbocycles. The van der Waals surface area contributed by atoms with Crippen LogP contribution in [0.3, 0.4) is 0 Å². The molecular weight excluding hydrogens is 556 g/mol. The number of non-ortho nitro benzene ring substituents is 1. The number of quaternary nitrogens is 1. The van der Waals surface area contributed by atoms with Gasteiger partial charge in [-0.3, -0.25) is 29.3 Å². The van der Waals surface area contributed by atoms with Gasteiger partial charge in [-0.05, 0) is 37.2 Å². The molecule has 0 unspecified atom stereocenters. The average Bonchev–Trinajstić information content (AvgIpc) is 2.95. The second-order valence-corrected chi connectivity index (χ2v) is 10.2. The van der Waals surface area contributed by atoms with Crippen LogP contribution >= 0.6 is 11.8 Å². The maximum Gasteiger partial charge on any atom is 0.270 e. The fraction of sp³-hybridized carbons (Fsp3) is 0.462. The molecule has 0 aliphatic carbocycles. The van der Waals surface area contributed by atoms with E-state index < -0.39 is 46.7 Å². The number of thioether (sulfide) groups is 1. The molecule has 41 heavy (non-hydrogen) atoms. The van der Waals surface area contributed by atoms with Crippen molar-refractivity contribution >= 4 is 41.1 Å². The number of nitrogens with zero attached hydrogens (tertiary/aromatic N) is 1. The van der Waals surface area contributed by atoms with Gasteiger partial charge in [0.15, 0.2) is 6.11 Å². The van der Waals surface area contributed by atoms with Gasteiger partial charge in [0.05, 0.1) is 10.5 Å². The molecule has 0 saturated carbocycles. The first kappa shape index (κ1) is 32.9. The van der Waals surface area contributed by atoms with Crippen molar-refractivity contribution in [2.45, 2.75) is 62.6 Å². The first-order valence-corrected chi connectivity index (χ1v) is 13.8. The predicted octanol–water partition coefficient (Wildman–Crippen LogP) is -0.509.